The Kier molecular flexibility index (Phi) is 7.91. The highest BCUT2D eigenvalue weighted by Gasteiger charge is 2.28. The van der Waals surface area contributed by atoms with Gasteiger partial charge in [-0.3, -0.25) is 4.79 Å². The number of nitrogens with zero attached hydrogens (tertiary/aromatic N) is 1. The van der Waals surface area contributed by atoms with Crippen LogP contribution in [0.15, 0.2) is 29.2 Å². The van der Waals surface area contributed by atoms with E-state index in [1.165, 1.54) is 19.4 Å². The normalized spacial score (nSPS) is 19.2. The van der Waals surface area contributed by atoms with Crippen molar-refractivity contribution in [3.05, 3.63) is 24.3 Å². The van der Waals surface area contributed by atoms with Crippen molar-refractivity contribution in [1.82, 2.24) is 10.2 Å². The van der Waals surface area contributed by atoms with Gasteiger partial charge in [0.05, 0.1) is 12.4 Å². The molecule has 1 saturated carbocycles. The second-order valence-electron chi connectivity index (χ2n) is 6.89. The molecule has 6 heteroatoms. The van der Waals surface area contributed by atoms with Crippen molar-refractivity contribution in [2.45, 2.75) is 48.8 Å². The number of carbonyl (C=O) groups excluding carboxylic acids is 1. The van der Waals surface area contributed by atoms with Crippen LogP contribution < -0.4 is 10.1 Å². The van der Waals surface area contributed by atoms with Crippen molar-refractivity contribution in [2.24, 2.45) is 5.92 Å². The van der Waals surface area contributed by atoms with Gasteiger partial charge in [0.25, 0.3) is 0 Å². The van der Waals surface area contributed by atoms with Crippen molar-refractivity contribution in [2.75, 3.05) is 26.7 Å². The zero-order valence-corrected chi connectivity index (χ0v) is 16.7. The lowest BCUT2D eigenvalue weighted by Crippen LogP contribution is -2.47. The minimum atomic E-state index is -0.0469. The molecule has 0 radical (unpaired) electrons. The van der Waals surface area contributed by atoms with Gasteiger partial charge in [0, 0.05) is 24.0 Å². The minimum absolute atomic E-state index is 0. The molecule has 1 aromatic carbocycles. The number of ether oxygens (including phenoxy) is 1. The minimum Gasteiger partial charge on any atom is -0.497 e. The lowest BCUT2D eigenvalue weighted by Gasteiger charge is -2.34. The van der Waals surface area contributed by atoms with Crippen LogP contribution in [0.25, 0.3) is 0 Å². The van der Waals surface area contributed by atoms with E-state index in [2.05, 4.69) is 5.32 Å². The first kappa shape index (κ1) is 20.4. The molecule has 1 aliphatic heterocycles. The Morgan fingerprint density at radius 2 is 1.88 bits per heavy atom. The zero-order valence-electron chi connectivity index (χ0n) is 15.1. The predicted octanol–water partition coefficient (Wildman–Crippen LogP) is 3.59. The molecule has 2 aliphatic rings. The Labute approximate surface area is 161 Å². The fourth-order valence-electron chi connectivity index (χ4n) is 3.13. The lowest BCUT2D eigenvalue weighted by molar-refractivity contribution is -0.131. The van der Waals surface area contributed by atoms with Gasteiger partial charge in [-0.05, 0) is 69.3 Å². The highest BCUT2D eigenvalue weighted by molar-refractivity contribution is 8.00. The number of hydrogen-bond acceptors (Lipinski definition) is 4. The van der Waals surface area contributed by atoms with Gasteiger partial charge >= 0.3 is 0 Å². The van der Waals surface area contributed by atoms with Gasteiger partial charge in [0.1, 0.15) is 5.75 Å². The van der Waals surface area contributed by atoms with Gasteiger partial charge in [-0.1, -0.05) is 0 Å². The summed E-state index contributed by atoms with van der Waals surface area (Å²) in [6, 6.07) is 8.51. The largest absolute Gasteiger partial charge is 0.497 e. The topological polar surface area (TPSA) is 41.6 Å². The summed E-state index contributed by atoms with van der Waals surface area (Å²) in [6.07, 6.45) is 4.95. The van der Waals surface area contributed by atoms with Gasteiger partial charge in [-0.2, -0.15) is 0 Å². The number of rotatable bonds is 7. The maximum Gasteiger partial charge on any atom is 0.235 e. The number of carbonyl (C=O) groups is 1. The maximum absolute atomic E-state index is 12.7. The smallest absolute Gasteiger partial charge is 0.235 e. The Hall–Kier alpha value is -0.910. The molecule has 2 fully saturated rings. The number of likely N-dealkylation sites (tertiary alicyclic amines) is 1. The number of halogens is 1. The van der Waals surface area contributed by atoms with Gasteiger partial charge in [0.15, 0.2) is 0 Å². The summed E-state index contributed by atoms with van der Waals surface area (Å²) in [5.41, 5.74) is 0. The first-order valence-corrected chi connectivity index (χ1v) is 9.86. The predicted molar refractivity (Wildman–Crippen MR) is 106 cm³/mol. The molecule has 1 unspecified atom stereocenters. The fourth-order valence-corrected chi connectivity index (χ4v) is 4.08. The second-order valence-corrected chi connectivity index (χ2v) is 8.30. The van der Waals surface area contributed by atoms with Crippen LogP contribution in [0.1, 0.15) is 32.6 Å². The Bertz CT molecular complexity index is 543. The van der Waals surface area contributed by atoms with Crippen LogP contribution in [0.3, 0.4) is 0 Å². The average molecular weight is 385 g/mol. The van der Waals surface area contributed by atoms with E-state index in [9.17, 15) is 4.79 Å². The van der Waals surface area contributed by atoms with E-state index < -0.39 is 0 Å². The lowest BCUT2D eigenvalue weighted by atomic mass is 10.0. The van der Waals surface area contributed by atoms with Gasteiger partial charge in [0.2, 0.25) is 5.91 Å². The van der Waals surface area contributed by atoms with E-state index in [0.717, 1.165) is 42.5 Å². The van der Waals surface area contributed by atoms with E-state index >= 15 is 0 Å². The van der Waals surface area contributed by atoms with Crippen molar-refractivity contribution in [3.63, 3.8) is 0 Å². The number of methoxy groups -OCH3 is 1. The summed E-state index contributed by atoms with van der Waals surface area (Å²) in [7, 11) is 1.66. The molecule has 1 N–H and O–H groups in total. The molecule has 140 valence electrons. The SMILES string of the molecule is COc1ccc(SC(C)C(=O)N2CCC(NCC3CC3)CC2)cc1.Cl. The Morgan fingerprint density at radius 3 is 2.44 bits per heavy atom. The van der Waals surface area contributed by atoms with E-state index in [1.807, 2.05) is 36.1 Å². The van der Waals surface area contributed by atoms with Crippen LogP contribution in [0.5, 0.6) is 5.75 Å². The third-order valence-corrected chi connectivity index (χ3v) is 6.02. The number of amides is 1. The number of benzene rings is 1. The van der Waals surface area contributed by atoms with E-state index in [1.54, 1.807) is 18.9 Å². The number of hydrogen-bond donors (Lipinski definition) is 1. The molecule has 3 rings (SSSR count). The third-order valence-electron chi connectivity index (χ3n) is 4.92. The van der Waals surface area contributed by atoms with E-state index in [4.69, 9.17) is 4.74 Å². The van der Waals surface area contributed by atoms with Crippen LogP contribution in [0.2, 0.25) is 0 Å². The first-order valence-electron chi connectivity index (χ1n) is 8.98. The second kappa shape index (κ2) is 9.70. The summed E-state index contributed by atoms with van der Waals surface area (Å²) in [5.74, 6) is 2.03. The molecule has 1 heterocycles. The molecular weight excluding hydrogens is 356 g/mol. The first-order chi connectivity index (χ1) is 11.7. The quantitative estimate of drug-likeness (QED) is 0.729. The van der Waals surface area contributed by atoms with Crippen molar-refractivity contribution in [3.8, 4) is 5.75 Å². The van der Waals surface area contributed by atoms with Crippen LogP contribution in [-0.2, 0) is 4.79 Å². The maximum atomic E-state index is 12.7. The van der Waals surface area contributed by atoms with Gasteiger partial charge < -0.3 is 15.0 Å². The van der Waals surface area contributed by atoms with Crippen molar-refractivity contribution >= 4 is 30.1 Å². The molecule has 25 heavy (non-hydrogen) atoms. The molecule has 0 aromatic heterocycles. The van der Waals surface area contributed by atoms with Crippen molar-refractivity contribution < 1.29 is 9.53 Å². The Balaban J connectivity index is 0.00000225. The molecule has 0 bridgehead atoms. The van der Waals surface area contributed by atoms with Gasteiger partial charge in [-0.15, -0.1) is 24.2 Å². The fraction of sp³-hybridized carbons (Fsp3) is 0.632. The molecule has 4 nitrogen and oxygen atoms in total. The molecule has 1 saturated heterocycles. The summed E-state index contributed by atoms with van der Waals surface area (Å²) in [4.78, 5) is 15.8. The highest BCUT2D eigenvalue weighted by Crippen LogP contribution is 2.29. The molecule has 1 atom stereocenters. The molecule has 1 aliphatic carbocycles. The number of nitrogens with one attached hydrogen (secondary N) is 1. The summed E-state index contributed by atoms with van der Waals surface area (Å²) in [5, 5.41) is 3.62. The number of thioether (sulfide) groups is 1. The zero-order chi connectivity index (χ0) is 16.9. The molecular formula is C19H29ClN2O2S. The average Bonchev–Trinajstić information content (AvgIpc) is 3.45. The summed E-state index contributed by atoms with van der Waals surface area (Å²) in [6.45, 7) is 4.94. The summed E-state index contributed by atoms with van der Waals surface area (Å²) >= 11 is 1.63. The van der Waals surface area contributed by atoms with E-state index in [-0.39, 0.29) is 23.6 Å². The monoisotopic (exact) mass is 384 g/mol. The third kappa shape index (κ3) is 6.08. The van der Waals surface area contributed by atoms with Crippen LogP contribution in [0, 0.1) is 5.92 Å². The molecule has 0 spiro atoms. The molecule has 1 aromatic rings. The summed E-state index contributed by atoms with van der Waals surface area (Å²) < 4.78 is 5.17. The van der Waals surface area contributed by atoms with Crippen LogP contribution in [-0.4, -0.2) is 48.8 Å². The van der Waals surface area contributed by atoms with Crippen LogP contribution in [0.4, 0.5) is 0 Å². The molecule has 1 amide bonds. The number of piperidine rings is 1. The van der Waals surface area contributed by atoms with Crippen molar-refractivity contribution in [1.29, 1.82) is 0 Å². The van der Waals surface area contributed by atoms with E-state index in [0.29, 0.717) is 6.04 Å². The van der Waals surface area contributed by atoms with Crippen LogP contribution >= 0.6 is 24.2 Å². The van der Waals surface area contributed by atoms with Gasteiger partial charge in [-0.25, -0.2) is 0 Å². The highest BCUT2D eigenvalue weighted by atomic mass is 35.5. The Morgan fingerprint density at radius 1 is 1.24 bits per heavy atom. The standard InChI is InChI=1S/C19H28N2O2S.ClH/c1-14(24-18-7-5-17(23-2)6-8-18)19(22)21-11-9-16(10-12-21)20-13-15-3-4-15;/h5-8,14-16,20H,3-4,9-13H2,1-2H3;1H.